The Kier molecular flexibility index (Phi) is 4.93. The van der Waals surface area contributed by atoms with Crippen LogP contribution in [-0.4, -0.2) is 45.1 Å². The Hall–Kier alpha value is -2.16. The minimum absolute atomic E-state index is 0.318. The molecule has 3 aromatic rings. The Labute approximate surface area is 178 Å². The molecule has 0 spiro atoms. The third-order valence-corrected chi connectivity index (χ3v) is 7.37. The molecule has 150 valence electrons. The van der Waals surface area contributed by atoms with E-state index in [1.807, 2.05) is 24.4 Å². The van der Waals surface area contributed by atoms with Gasteiger partial charge in [0, 0.05) is 29.2 Å². The number of anilines is 2. The molecule has 0 amide bonds. The predicted molar refractivity (Wildman–Crippen MR) is 116 cm³/mol. The van der Waals surface area contributed by atoms with E-state index in [1.165, 1.54) is 24.6 Å². The molecule has 3 N–H and O–H groups in total. The number of hydrogen-bond acceptors (Lipinski definition) is 8. The van der Waals surface area contributed by atoms with Crippen LogP contribution < -0.4 is 16.0 Å². The zero-order valence-electron chi connectivity index (χ0n) is 16.0. The van der Waals surface area contributed by atoms with Gasteiger partial charge in [-0.15, -0.1) is 0 Å². The highest BCUT2D eigenvalue weighted by molar-refractivity contribution is 7.99. The van der Waals surface area contributed by atoms with Crippen molar-refractivity contribution in [3.05, 3.63) is 35.6 Å². The second kappa shape index (κ2) is 7.59. The van der Waals surface area contributed by atoms with Gasteiger partial charge in [-0.1, -0.05) is 23.4 Å². The van der Waals surface area contributed by atoms with Crippen molar-refractivity contribution in [1.82, 2.24) is 25.3 Å². The standard InChI is InChI=1S/C20H22ClN7S/c1-23-11-8-12-2-3-13(9-11)28(12)16-10-25-20-14(26-16)4-5-17(27-20)29-15-6-7-24-19(22)18(15)21/h4-7,10-13,23H,2-3,8-9H2,1H3,(H2,22,24)/t11-,12+,13-. The van der Waals surface area contributed by atoms with Gasteiger partial charge < -0.3 is 16.0 Å². The van der Waals surface area contributed by atoms with Crippen LogP contribution in [0.15, 0.2) is 40.5 Å². The molecule has 5 rings (SSSR count). The Balaban J connectivity index is 1.41. The summed E-state index contributed by atoms with van der Waals surface area (Å²) in [5.74, 6) is 1.28. The van der Waals surface area contributed by atoms with Crippen LogP contribution in [0.25, 0.3) is 11.2 Å². The van der Waals surface area contributed by atoms with Gasteiger partial charge in [-0.3, -0.25) is 0 Å². The van der Waals surface area contributed by atoms with Crippen molar-refractivity contribution in [3.63, 3.8) is 0 Å². The van der Waals surface area contributed by atoms with Crippen molar-refractivity contribution in [3.8, 4) is 0 Å². The molecule has 7 nitrogen and oxygen atoms in total. The average Bonchev–Trinajstić information content (AvgIpc) is 3.00. The number of piperidine rings is 1. The number of halogens is 1. The second-order valence-corrected chi connectivity index (χ2v) is 9.02. The molecule has 2 saturated heterocycles. The maximum absolute atomic E-state index is 6.25. The molecule has 2 bridgehead atoms. The highest BCUT2D eigenvalue weighted by Crippen LogP contribution is 2.39. The number of nitrogens with one attached hydrogen (secondary N) is 1. The molecule has 5 heterocycles. The fourth-order valence-corrected chi connectivity index (χ4v) is 5.52. The van der Waals surface area contributed by atoms with Gasteiger partial charge in [0.25, 0.3) is 0 Å². The lowest BCUT2D eigenvalue weighted by Gasteiger charge is -2.39. The van der Waals surface area contributed by atoms with Crippen molar-refractivity contribution in [1.29, 1.82) is 0 Å². The quantitative estimate of drug-likeness (QED) is 0.653. The minimum Gasteiger partial charge on any atom is -0.382 e. The van der Waals surface area contributed by atoms with Crippen LogP contribution in [-0.2, 0) is 0 Å². The van der Waals surface area contributed by atoms with E-state index in [0.717, 1.165) is 34.1 Å². The Bertz CT molecular complexity index is 1050. The molecule has 3 atom stereocenters. The molecule has 0 radical (unpaired) electrons. The monoisotopic (exact) mass is 427 g/mol. The SMILES string of the molecule is CN[C@H]1C[C@H]2CC[C@@H](C1)N2c1cnc2nc(Sc3ccnc(N)c3Cl)ccc2n1. The van der Waals surface area contributed by atoms with Gasteiger partial charge in [0.15, 0.2) is 5.65 Å². The summed E-state index contributed by atoms with van der Waals surface area (Å²) < 4.78 is 0. The van der Waals surface area contributed by atoms with Crippen molar-refractivity contribution in [2.45, 2.75) is 53.7 Å². The number of rotatable bonds is 4. The number of aromatic nitrogens is 4. The average molecular weight is 428 g/mol. The smallest absolute Gasteiger partial charge is 0.179 e. The molecule has 3 aromatic heterocycles. The lowest BCUT2D eigenvalue weighted by atomic mass is 9.97. The topological polar surface area (TPSA) is 92.8 Å². The van der Waals surface area contributed by atoms with Crippen molar-refractivity contribution in [2.75, 3.05) is 17.7 Å². The van der Waals surface area contributed by atoms with Gasteiger partial charge in [0.1, 0.15) is 22.2 Å². The fraction of sp³-hybridized carbons (Fsp3) is 0.400. The summed E-state index contributed by atoms with van der Waals surface area (Å²) in [6.45, 7) is 0. The first kappa shape index (κ1) is 18.8. The summed E-state index contributed by atoms with van der Waals surface area (Å²) in [5.41, 5.74) is 7.23. The Morgan fingerprint density at radius 1 is 1.14 bits per heavy atom. The van der Waals surface area contributed by atoms with Gasteiger partial charge in [0.05, 0.1) is 11.2 Å². The third kappa shape index (κ3) is 3.49. The number of fused-ring (bicyclic) bond motifs is 3. The van der Waals surface area contributed by atoms with E-state index >= 15 is 0 Å². The molecule has 9 heteroatoms. The van der Waals surface area contributed by atoms with Crippen LogP contribution in [0.5, 0.6) is 0 Å². The summed E-state index contributed by atoms with van der Waals surface area (Å²) in [6.07, 6.45) is 8.29. The molecule has 2 aliphatic heterocycles. The first-order valence-electron chi connectivity index (χ1n) is 9.79. The molecule has 29 heavy (non-hydrogen) atoms. The zero-order chi connectivity index (χ0) is 20.0. The van der Waals surface area contributed by atoms with Gasteiger partial charge in [0.2, 0.25) is 0 Å². The molecule has 0 aromatic carbocycles. The minimum atomic E-state index is 0.318. The summed E-state index contributed by atoms with van der Waals surface area (Å²) in [6, 6.07) is 7.43. The number of pyridine rings is 2. The second-order valence-electron chi connectivity index (χ2n) is 7.58. The maximum atomic E-state index is 6.25. The maximum Gasteiger partial charge on any atom is 0.179 e. The number of nitrogen functional groups attached to an aromatic ring is 1. The van der Waals surface area contributed by atoms with Crippen LogP contribution in [0.3, 0.4) is 0 Å². The van der Waals surface area contributed by atoms with Crippen molar-refractivity contribution >= 4 is 46.2 Å². The van der Waals surface area contributed by atoms with E-state index in [1.54, 1.807) is 6.20 Å². The first-order valence-corrected chi connectivity index (χ1v) is 11.0. The summed E-state index contributed by atoms with van der Waals surface area (Å²) in [5, 5.41) is 4.68. The van der Waals surface area contributed by atoms with Crippen LogP contribution >= 0.6 is 23.4 Å². The highest BCUT2D eigenvalue weighted by Gasteiger charge is 2.41. The van der Waals surface area contributed by atoms with Gasteiger partial charge in [-0.2, -0.15) is 0 Å². The Morgan fingerprint density at radius 2 is 1.93 bits per heavy atom. The van der Waals surface area contributed by atoms with Crippen LogP contribution in [0.1, 0.15) is 25.7 Å². The van der Waals surface area contributed by atoms with E-state index in [9.17, 15) is 0 Å². The molecule has 0 aliphatic carbocycles. The van der Waals surface area contributed by atoms with Crippen LogP contribution in [0.4, 0.5) is 11.6 Å². The van der Waals surface area contributed by atoms with E-state index < -0.39 is 0 Å². The van der Waals surface area contributed by atoms with Gasteiger partial charge in [-0.05, 0) is 50.9 Å². The molecule has 0 unspecified atom stereocenters. The van der Waals surface area contributed by atoms with Gasteiger partial charge in [-0.25, -0.2) is 19.9 Å². The normalized spacial score (nSPS) is 23.7. The molecular formula is C20H22ClN7S. The van der Waals surface area contributed by atoms with E-state index in [0.29, 0.717) is 34.6 Å². The van der Waals surface area contributed by atoms with Crippen molar-refractivity contribution < 1.29 is 0 Å². The summed E-state index contributed by atoms with van der Waals surface area (Å²) in [7, 11) is 2.06. The molecule has 2 aliphatic rings. The largest absolute Gasteiger partial charge is 0.382 e. The highest BCUT2D eigenvalue weighted by atomic mass is 35.5. The van der Waals surface area contributed by atoms with E-state index in [4.69, 9.17) is 22.3 Å². The Morgan fingerprint density at radius 3 is 2.69 bits per heavy atom. The van der Waals surface area contributed by atoms with Crippen molar-refractivity contribution in [2.24, 2.45) is 0 Å². The van der Waals surface area contributed by atoms with Crippen LogP contribution in [0, 0.1) is 0 Å². The third-order valence-electron chi connectivity index (χ3n) is 5.87. The number of nitrogens with zero attached hydrogens (tertiary/aromatic N) is 5. The van der Waals surface area contributed by atoms with E-state index in [2.05, 4.69) is 32.2 Å². The summed E-state index contributed by atoms with van der Waals surface area (Å²) in [4.78, 5) is 21.4. The molecule has 2 fully saturated rings. The van der Waals surface area contributed by atoms with Crippen LogP contribution in [0.2, 0.25) is 5.02 Å². The predicted octanol–water partition coefficient (Wildman–Crippen LogP) is 3.53. The number of nitrogens with two attached hydrogens (primary N) is 1. The van der Waals surface area contributed by atoms with Gasteiger partial charge >= 0.3 is 0 Å². The molecular weight excluding hydrogens is 406 g/mol. The lowest BCUT2D eigenvalue weighted by molar-refractivity contribution is 0.372. The number of hydrogen-bond donors (Lipinski definition) is 2. The lowest BCUT2D eigenvalue weighted by Crippen LogP contribution is -2.48. The summed E-state index contributed by atoms with van der Waals surface area (Å²) >= 11 is 7.69. The fourth-order valence-electron chi connectivity index (χ4n) is 4.48. The molecule has 0 saturated carbocycles. The van der Waals surface area contributed by atoms with E-state index in [-0.39, 0.29) is 0 Å². The first-order chi connectivity index (χ1) is 14.1. The zero-order valence-corrected chi connectivity index (χ0v) is 17.6.